The van der Waals surface area contributed by atoms with Gasteiger partial charge in [0.1, 0.15) is 6.10 Å². The highest BCUT2D eigenvalue weighted by Gasteiger charge is 2.27. The van der Waals surface area contributed by atoms with Crippen molar-refractivity contribution in [3.8, 4) is 0 Å². The average molecular weight is 806 g/mol. The number of carbonyl (C=O) groups excluding carboxylic acids is 4. The maximum atomic E-state index is 12.8. The van der Waals surface area contributed by atoms with Crippen LogP contribution in [0.25, 0.3) is 0 Å². The lowest BCUT2D eigenvalue weighted by Crippen LogP contribution is -2.35. The highest BCUT2D eigenvalue weighted by atomic mass is 16.5. The zero-order chi connectivity index (χ0) is 41.4. The van der Waals surface area contributed by atoms with Gasteiger partial charge in [-0.25, -0.2) is 4.79 Å². The Balaban J connectivity index is 2.31. The summed E-state index contributed by atoms with van der Waals surface area (Å²) < 4.78 is 11.5. The van der Waals surface area contributed by atoms with Gasteiger partial charge in [-0.15, -0.1) is 0 Å². The first-order valence-electron chi connectivity index (χ1n) is 24.6. The Kier molecular flexibility index (Phi) is 36.5. The molecule has 3 amide bonds. The predicted molar refractivity (Wildman–Crippen MR) is 236 cm³/mol. The van der Waals surface area contributed by atoms with Crippen LogP contribution < -0.4 is 5.32 Å². The van der Waals surface area contributed by atoms with Crippen molar-refractivity contribution in [2.24, 2.45) is 0 Å². The van der Waals surface area contributed by atoms with Gasteiger partial charge < -0.3 is 19.7 Å². The Bertz CT molecular complexity index is 946. The molecule has 1 fully saturated rings. The van der Waals surface area contributed by atoms with E-state index in [1.165, 1.54) is 101 Å². The molecule has 1 aliphatic rings. The van der Waals surface area contributed by atoms with Crippen molar-refractivity contribution in [1.29, 1.82) is 0 Å². The molecule has 57 heavy (non-hydrogen) atoms. The van der Waals surface area contributed by atoms with Crippen LogP contribution in [-0.4, -0.2) is 79.1 Å². The molecule has 0 saturated carbocycles. The molecule has 0 atom stereocenters. The van der Waals surface area contributed by atoms with Gasteiger partial charge in [-0.2, -0.15) is 0 Å². The molecule has 0 unspecified atom stereocenters. The van der Waals surface area contributed by atoms with E-state index in [1.807, 2.05) is 0 Å². The molecule has 1 rings (SSSR count). The van der Waals surface area contributed by atoms with Crippen LogP contribution >= 0.6 is 0 Å². The molecule has 0 aromatic heterocycles. The normalized spacial score (nSPS) is 13.0. The smallest absolute Gasteiger partial charge is 0.324 e. The number of unbranched alkanes of at least 4 members (excludes halogenated alkanes) is 24. The Morgan fingerprint density at radius 2 is 0.965 bits per heavy atom. The fourth-order valence-corrected chi connectivity index (χ4v) is 7.87. The van der Waals surface area contributed by atoms with Gasteiger partial charge in [0.15, 0.2) is 0 Å². The highest BCUT2D eigenvalue weighted by molar-refractivity contribution is 6.01. The lowest BCUT2D eigenvalue weighted by Gasteiger charge is -2.23. The summed E-state index contributed by atoms with van der Waals surface area (Å²) in [5, 5.41) is 2.62. The monoisotopic (exact) mass is 806 g/mol. The number of carbonyl (C=O) groups is 4. The molecule has 334 valence electrons. The second kappa shape index (κ2) is 39.3. The molecule has 9 heteroatoms. The Labute approximate surface area is 351 Å². The van der Waals surface area contributed by atoms with Gasteiger partial charge in [0, 0.05) is 19.4 Å². The van der Waals surface area contributed by atoms with Crippen LogP contribution in [0.3, 0.4) is 0 Å². The number of nitrogens with zero attached hydrogens (tertiary/aromatic N) is 2. The zero-order valence-corrected chi connectivity index (χ0v) is 37.7. The SMILES string of the molecule is CCCCCCCCCOC(=O)CCCCCCCN(CCCCCCCC(=O)OC(CCCCCCCC)CCCCCCCC)CCCN1C(=O)CNC1=O. The summed E-state index contributed by atoms with van der Waals surface area (Å²) in [6, 6.07) is -0.275. The van der Waals surface area contributed by atoms with Gasteiger partial charge in [0.2, 0.25) is 5.91 Å². The molecule has 1 aliphatic heterocycles. The summed E-state index contributed by atoms with van der Waals surface area (Å²) in [7, 11) is 0. The first-order valence-corrected chi connectivity index (χ1v) is 24.6. The zero-order valence-electron chi connectivity index (χ0n) is 37.7. The van der Waals surface area contributed by atoms with Crippen LogP contribution in [-0.2, 0) is 23.9 Å². The van der Waals surface area contributed by atoms with Crippen LogP contribution in [0.4, 0.5) is 4.79 Å². The predicted octanol–water partition coefficient (Wildman–Crippen LogP) is 12.6. The van der Waals surface area contributed by atoms with Crippen LogP contribution in [0, 0.1) is 0 Å². The van der Waals surface area contributed by atoms with Crippen LogP contribution in [0.15, 0.2) is 0 Å². The molecule has 0 aromatic rings. The minimum Gasteiger partial charge on any atom is -0.466 e. The second-order valence-corrected chi connectivity index (χ2v) is 17.0. The number of hydrogen-bond acceptors (Lipinski definition) is 7. The third-order valence-corrected chi connectivity index (χ3v) is 11.6. The maximum Gasteiger partial charge on any atom is 0.324 e. The highest BCUT2D eigenvalue weighted by Crippen LogP contribution is 2.19. The fraction of sp³-hybridized carbons (Fsp3) is 0.917. The molecule has 0 radical (unpaired) electrons. The molecule has 0 spiro atoms. The molecule has 0 aromatic carbocycles. The fourth-order valence-electron chi connectivity index (χ4n) is 7.87. The van der Waals surface area contributed by atoms with E-state index in [0.717, 1.165) is 129 Å². The van der Waals surface area contributed by atoms with E-state index in [2.05, 4.69) is 31.0 Å². The first-order chi connectivity index (χ1) is 27.9. The number of urea groups is 1. The van der Waals surface area contributed by atoms with E-state index in [4.69, 9.17) is 9.47 Å². The number of rotatable bonds is 43. The molecule has 9 nitrogen and oxygen atoms in total. The van der Waals surface area contributed by atoms with Crippen molar-refractivity contribution < 1.29 is 28.7 Å². The standard InChI is InChI=1S/C48H91N3O6/c1-4-7-10-13-16-25-32-42-56-46(53)36-28-21-17-23-30-38-50(40-33-41-51-45(52)43-49-48(51)55)39-31-24-18-22-29-37-47(54)57-44(34-26-19-14-11-8-5-2)35-27-20-15-12-9-6-3/h44H,4-43H2,1-3H3,(H,49,55). The van der Waals surface area contributed by atoms with Crippen molar-refractivity contribution in [2.75, 3.05) is 39.3 Å². The Hall–Kier alpha value is -2.16. The average Bonchev–Trinajstić information content (AvgIpc) is 3.52. The summed E-state index contributed by atoms with van der Waals surface area (Å²) in [5.41, 5.74) is 0. The quantitative estimate of drug-likeness (QED) is 0.0372. The Morgan fingerprint density at radius 3 is 1.46 bits per heavy atom. The summed E-state index contributed by atoms with van der Waals surface area (Å²) in [6.45, 7) is 10.8. The van der Waals surface area contributed by atoms with Crippen molar-refractivity contribution in [2.45, 2.75) is 245 Å². The molecule has 0 aliphatic carbocycles. The molecule has 0 bridgehead atoms. The summed E-state index contributed by atoms with van der Waals surface area (Å²) in [6.07, 6.45) is 38.3. The number of esters is 2. The maximum absolute atomic E-state index is 12.8. The minimum atomic E-state index is -0.275. The molecule has 1 saturated heterocycles. The van der Waals surface area contributed by atoms with Gasteiger partial charge in [-0.05, 0) is 83.8 Å². The molecule has 1 heterocycles. The van der Waals surface area contributed by atoms with E-state index in [9.17, 15) is 19.2 Å². The van der Waals surface area contributed by atoms with E-state index in [-0.39, 0.29) is 36.5 Å². The summed E-state index contributed by atoms with van der Waals surface area (Å²) in [4.78, 5) is 52.8. The van der Waals surface area contributed by atoms with E-state index in [0.29, 0.717) is 26.0 Å². The number of nitrogens with one attached hydrogen (secondary N) is 1. The van der Waals surface area contributed by atoms with Gasteiger partial charge in [0.05, 0.1) is 13.2 Å². The van der Waals surface area contributed by atoms with Crippen molar-refractivity contribution in [3.05, 3.63) is 0 Å². The summed E-state index contributed by atoms with van der Waals surface area (Å²) in [5.74, 6) is -0.196. The summed E-state index contributed by atoms with van der Waals surface area (Å²) >= 11 is 0. The Morgan fingerprint density at radius 1 is 0.544 bits per heavy atom. The number of amides is 3. The van der Waals surface area contributed by atoms with Crippen LogP contribution in [0.1, 0.15) is 239 Å². The van der Waals surface area contributed by atoms with Crippen LogP contribution in [0.5, 0.6) is 0 Å². The number of hydrogen-bond donors (Lipinski definition) is 1. The van der Waals surface area contributed by atoms with Crippen molar-refractivity contribution in [1.82, 2.24) is 15.1 Å². The molecule has 1 N–H and O–H groups in total. The van der Waals surface area contributed by atoms with E-state index >= 15 is 0 Å². The van der Waals surface area contributed by atoms with Crippen molar-refractivity contribution in [3.63, 3.8) is 0 Å². The molecular weight excluding hydrogens is 715 g/mol. The number of ether oxygens (including phenoxy) is 2. The second-order valence-electron chi connectivity index (χ2n) is 17.0. The lowest BCUT2D eigenvalue weighted by atomic mass is 10.0. The number of imide groups is 1. The molecular formula is C48H91N3O6. The van der Waals surface area contributed by atoms with Gasteiger partial charge in [-0.1, -0.05) is 162 Å². The van der Waals surface area contributed by atoms with Crippen LogP contribution in [0.2, 0.25) is 0 Å². The third-order valence-electron chi connectivity index (χ3n) is 11.6. The van der Waals surface area contributed by atoms with Gasteiger partial charge in [0.25, 0.3) is 0 Å². The van der Waals surface area contributed by atoms with Gasteiger partial charge >= 0.3 is 18.0 Å². The third kappa shape index (κ3) is 32.4. The topological polar surface area (TPSA) is 105 Å². The van der Waals surface area contributed by atoms with E-state index < -0.39 is 0 Å². The first kappa shape index (κ1) is 52.9. The van der Waals surface area contributed by atoms with Crippen molar-refractivity contribution >= 4 is 23.9 Å². The largest absolute Gasteiger partial charge is 0.466 e. The minimum absolute atomic E-state index is 0.00737. The lowest BCUT2D eigenvalue weighted by molar-refractivity contribution is -0.150. The van der Waals surface area contributed by atoms with E-state index in [1.54, 1.807) is 0 Å². The van der Waals surface area contributed by atoms with Gasteiger partial charge in [-0.3, -0.25) is 19.3 Å².